The van der Waals surface area contributed by atoms with Gasteiger partial charge in [0, 0.05) is 77.2 Å². The highest BCUT2D eigenvalue weighted by Crippen LogP contribution is 2.61. The Kier molecular flexibility index (Phi) is 11.1. The first-order valence-electron chi connectivity index (χ1n) is 22.5. The molecule has 7 aliphatic rings. The van der Waals surface area contributed by atoms with Gasteiger partial charge in [0.15, 0.2) is 0 Å². The first-order valence-corrected chi connectivity index (χ1v) is 23.3. The van der Waals surface area contributed by atoms with Crippen molar-refractivity contribution >= 4 is 64.3 Å². The average Bonchev–Trinajstić information content (AvgIpc) is 3.74. The van der Waals surface area contributed by atoms with Crippen LogP contribution in [0.4, 0.5) is 10.1 Å². The monoisotopic (exact) mass is 906 g/mol. The molecule has 10 rings (SSSR count). The molecule has 0 radical (unpaired) electrons. The summed E-state index contributed by atoms with van der Waals surface area (Å²) in [5, 5.41) is 12.8. The molecule has 5 heterocycles. The number of amides is 6. The van der Waals surface area contributed by atoms with E-state index in [9.17, 15) is 28.8 Å². The summed E-state index contributed by atoms with van der Waals surface area (Å²) in [4.78, 5) is 84.1. The number of halogens is 3. The van der Waals surface area contributed by atoms with Crippen molar-refractivity contribution in [3.05, 3.63) is 98.3 Å². The van der Waals surface area contributed by atoms with E-state index >= 15 is 4.39 Å². The Morgan fingerprint density at radius 3 is 2.44 bits per heavy atom. The Labute approximate surface area is 380 Å². The van der Waals surface area contributed by atoms with Crippen LogP contribution in [0.15, 0.2) is 54.6 Å². The van der Waals surface area contributed by atoms with Gasteiger partial charge in [-0.05, 0) is 98.4 Å². The maximum atomic E-state index is 16.3. The minimum atomic E-state index is -1.21. The second-order valence-corrected chi connectivity index (χ2v) is 19.6. The number of anilines is 1. The van der Waals surface area contributed by atoms with Gasteiger partial charge in [0.2, 0.25) is 29.5 Å². The van der Waals surface area contributed by atoms with E-state index < -0.39 is 40.7 Å². The summed E-state index contributed by atoms with van der Waals surface area (Å²) in [6.45, 7) is 1.37. The van der Waals surface area contributed by atoms with Crippen molar-refractivity contribution in [1.29, 1.82) is 0 Å². The third-order valence-corrected chi connectivity index (χ3v) is 15.8. The van der Waals surface area contributed by atoms with Crippen LogP contribution >= 0.6 is 23.2 Å². The quantitative estimate of drug-likeness (QED) is 0.180. The van der Waals surface area contributed by atoms with E-state index in [1.807, 2.05) is 17.0 Å². The molecule has 4 N–H and O–H groups in total. The van der Waals surface area contributed by atoms with Crippen LogP contribution in [0.1, 0.15) is 109 Å². The number of rotatable bonds is 5. The minimum Gasteiger partial charge on any atom is -0.352 e. The topological polar surface area (TPSA) is 157 Å². The molecule has 5 aliphatic heterocycles. The Morgan fingerprint density at radius 1 is 0.906 bits per heavy atom. The largest absolute Gasteiger partial charge is 0.352 e. The number of nitrogens with zero attached hydrogens (tertiary/aromatic N) is 2. The molecule has 3 aromatic rings. The Morgan fingerprint density at radius 2 is 1.67 bits per heavy atom. The molecule has 1 unspecified atom stereocenters. The maximum Gasteiger partial charge on any atom is 0.255 e. The molecule has 5 fully saturated rings. The first-order chi connectivity index (χ1) is 30.9. The Bertz CT molecular complexity index is 2560. The molecule has 3 saturated heterocycles. The van der Waals surface area contributed by atoms with Crippen molar-refractivity contribution in [2.24, 2.45) is 17.3 Å². The van der Waals surface area contributed by atoms with Crippen molar-refractivity contribution in [1.82, 2.24) is 25.8 Å². The number of hydrogen-bond acceptors (Lipinski definition) is 7. The lowest BCUT2D eigenvalue weighted by atomic mass is 9.54. The summed E-state index contributed by atoms with van der Waals surface area (Å²) in [7, 11) is 0. The van der Waals surface area contributed by atoms with Gasteiger partial charge in [-0.3, -0.25) is 39.4 Å². The summed E-state index contributed by atoms with van der Waals surface area (Å²) in [6, 6.07) is 13.7. The number of likely N-dealkylation sites (tertiary alicyclic amines) is 1. The number of piperidine rings is 2. The predicted octanol–water partition coefficient (Wildman–Crippen LogP) is 6.02. The molecular formula is C49H49Cl2FN6O6. The van der Waals surface area contributed by atoms with E-state index in [0.29, 0.717) is 80.7 Å². The SMILES string of the molecule is O=C1CCC(N2Cc3c(C#CC4CCN(C(=O)[C@H]5C[C@H](NC(=O)[C@@H]6NC7(CCCCC7)[C@]7(Cc8ccc(Cl)cc8NC7=O)[C@H]6c6cccc(Cl)c6F)C5)CC4)cccc3C2=O)C(=O)N1. The number of hydrogen-bond donors (Lipinski definition) is 4. The lowest BCUT2D eigenvalue weighted by Gasteiger charge is -2.51. The molecule has 4 atom stereocenters. The molecule has 2 saturated carbocycles. The number of imide groups is 1. The molecule has 6 amide bonds. The van der Waals surface area contributed by atoms with E-state index in [1.54, 1.807) is 36.4 Å². The van der Waals surface area contributed by atoms with Gasteiger partial charge in [-0.2, -0.15) is 0 Å². The van der Waals surface area contributed by atoms with Crippen LogP contribution in [-0.2, 0) is 36.9 Å². The number of carbonyl (C=O) groups is 6. The van der Waals surface area contributed by atoms with Gasteiger partial charge >= 0.3 is 0 Å². The van der Waals surface area contributed by atoms with Gasteiger partial charge in [-0.15, -0.1) is 0 Å². The molecule has 0 aromatic heterocycles. The van der Waals surface area contributed by atoms with Gasteiger partial charge in [0.1, 0.15) is 11.9 Å². The Hall–Kier alpha value is -5.29. The van der Waals surface area contributed by atoms with Crippen LogP contribution in [0.2, 0.25) is 10.0 Å². The van der Waals surface area contributed by atoms with Crippen LogP contribution in [0.3, 0.4) is 0 Å². The van der Waals surface area contributed by atoms with Gasteiger partial charge in [0.05, 0.1) is 16.5 Å². The van der Waals surface area contributed by atoms with Gasteiger partial charge < -0.3 is 20.4 Å². The lowest BCUT2D eigenvalue weighted by Crippen LogP contribution is -2.62. The molecule has 2 spiro atoms. The fraction of sp³-hybridized carbons (Fsp3) is 0.469. The van der Waals surface area contributed by atoms with Crippen molar-refractivity contribution in [3.8, 4) is 11.8 Å². The summed E-state index contributed by atoms with van der Waals surface area (Å²) < 4.78 is 16.3. The second-order valence-electron chi connectivity index (χ2n) is 18.8. The van der Waals surface area contributed by atoms with Crippen LogP contribution < -0.4 is 21.3 Å². The van der Waals surface area contributed by atoms with Gasteiger partial charge in [-0.1, -0.05) is 78.6 Å². The van der Waals surface area contributed by atoms with Crippen molar-refractivity contribution < 1.29 is 33.2 Å². The van der Waals surface area contributed by atoms with Gasteiger partial charge in [-0.25, -0.2) is 4.39 Å². The van der Waals surface area contributed by atoms with E-state index in [4.69, 9.17) is 23.2 Å². The van der Waals surface area contributed by atoms with Crippen LogP contribution in [0.25, 0.3) is 0 Å². The summed E-state index contributed by atoms with van der Waals surface area (Å²) in [5.74, 6) is 3.41. The molecule has 3 aromatic carbocycles. The second kappa shape index (κ2) is 16.6. The number of nitrogens with one attached hydrogen (secondary N) is 4. The number of carbonyl (C=O) groups excluding carboxylic acids is 6. The highest BCUT2D eigenvalue weighted by atomic mass is 35.5. The zero-order valence-corrected chi connectivity index (χ0v) is 36.8. The van der Waals surface area contributed by atoms with E-state index in [0.717, 1.165) is 36.0 Å². The molecule has 15 heteroatoms. The van der Waals surface area contributed by atoms with Crippen LogP contribution in [0.5, 0.6) is 0 Å². The zero-order valence-electron chi connectivity index (χ0n) is 35.2. The highest BCUT2D eigenvalue weighted by Gasteiger charge is 2.70. The summed E-state index contributed by atoms with van der Waals surface area (Å²) in [5.41, 5.74) is 1.75. The zero-order chi connectivity index (χ0) is 44.5. The summed E-state index contributed by atoms with van der Waals surface area (Å²) in [6.07, 6.45) is 7.13. The molecule has 64 heavy (non-hydrogen) atoms. The molecule has 12 nitrogen and oxygen atoms in total. The normalized spacial score (nSPS) is 28.5. The predicted molar refractivity (Wildman–Crippen MR) is 236 cm³/mol. The molecule has 332 valence electrons. The third kappa shape index (κ3) is 7.17. The fourth-order valence-corrected chi connectivity index (χ4v) is 12.3. The smallest absolute Gasteiger partial charge is 0.255 e. The van der Waals surface area contributed by atoms with E-state index in [1.165, 1.54) is 11.0 Å². The first kappa shape index (κ1) is 42.6. The Balaban J connectivity index is 0.795. The number of benzene rings is 3. The molecule has 0 bridgehead atoms. The average molecular weight is 908 g/mol. The van der Waals surface area contributed by atoms with Gasteiger partial charge in [0.25, 0.3) is 5.91 Å². The van der Waals surface area contributed by atoms with Crippen LogP contribution in [0, 0.1) is 34.9 Å². The van der Waals surface area contributed by atoms with Crippen molar-refractivity contribution in [2.75, 3.05) is 18.4 Å². The fourth-order valence-electron chi connectivity index (χ4n) is 11.9. The van der Waals surface area contributed by atoms with E-state index in [-0.39, 0.29) is 71.0 Å². The minimum absolute atomic E-state index is 0.0560. The molecular weight excluding hydrogens is 858 g/mol. The number of fused-ring (bicyclic) bond motifs is 3. The van der Waals surface area contributed by atoms with Crippen LogP contribution in [-0.4, -0.2) is 82.0 Å². The van der Waals surface area contributed by atoms with E-state index in [2.05, 4.69) is 33.1 Å². The van der Waals surface area contributed by atoms with Crippen molar-refractivity contribution in [2.45, 2.75) is 113 Å². The maximum absolute atomic E-state index is 16.3. The third-order valence-electron chi connectivity index (χ3n) is 15.3. The van der Waals surface area contributed by atoms with Crippen molar-refractivity contribution in [3.63, 3.8) is 0 Å². The molecule has 2 aliphatic carbocycles. The lowest BCUT2D eigenvalue weighted by molar-refractivity contribution is -0.141. The highest BCUT2D eigenvalue weighted by molar-refractivity contribution is 6.31. The summed E-state index contributed by atoms with van der Waals surface area (Å²) >= 11 is 12.7. The standard InChI is InChI=1S/C49H49Cl2FN6O6/c50-31-13-12-29-25-49(47(64)54-37(29)24-31)40(34-8-5-9-36(51)41(34)52)42(56-48(49)18-2-1-3-19-48)44(61)53-32-22-30(23-32)45(62)57-20-16-27(17-21-57)10-11-28-6-4-7-33-35(28)26-58(46(33)63)38-14-15-39(59)55-43(38)60/h4-9,12-13,24,27,30,32,38,40,42,56H,1-3,14-23,25-26H2,(H,53,61)(H,54,64)(H,55,59,60)/t30-,32-,38?,40-,42+,49+/m0/s1.